The zero-order chi connectivity index (χ0) is 14.5. The normalized spacial score (nSPS) is 25.7. The number of halogens is 1. The SMILES string of the molecule is CC1(c2nc(C3(N)CCC3)no2)CCc2ccccc2C1.Cl. The summed E-state index contributed by atoms with van der Waals surface area (Å²) in [7, 11) is 0. The van der Waals surface area contributed by atoms with Gasteiger partial charge in [-0.25, -0.2) is 0 Å². The van der Waals surface area contributed by atoms with Gasteiger partial charge in [-0.15, -0.1) is 12.4 Å². The van der Waals surface area contributed by atoms with E-state index in [1.54, 1.807) is 0 Å². The molecule has 5 heteroatoms. The molecule has 22 heavy (non-hydrogen) atoms. The molecule has 118 valence electrons. The maximum Gasteiger partial charge on any atom is 0.232 e. The molecule has 2 aromatic rings. The van der Waals surface area contributed by atoms with E-state index in [0.29, 0.717) is 5.82 Å². The van der Waals surface area contributed by atoms with Gasteiger partial charge in [0.15, 0.2) is 5.82 Å². The summed E-state index contributed by atoms with van der Waals surface area (Å²) in [5.41, 5.74) is 8.74. The van der Waals surface area contributed by atoms with Gasteiger partial charge in [-0.05, 0) is 49.7 Å². The van der Waals surface area contributed by atoms with Gasteiger partial charge in [-0.3, -0.25) is 0 Å². The van der Waals surface area contributed by atoms with Gasteiger partial charge < -0.3 is 10.3 Å². The Hall–Kier alpha value is -1.39. The van der Waals surface area contributed by atoms with E-state index in [2.05, 4.69) is 41.3 Å². The summed E-state index contributed by atoms with van der Waals surface area (Å²) >= 11 is 0. The average molecular weight is 320 g/mol. The van der Waals surface area contributed by atoms with E-state index in [0.717, 1.165) is 44.4 Å². The molecule has 0 saturated heterocycles. The fourth-order valence-corrected chi connectivity index (χ4v) is 3.53. The molecule has 1 heterocycles. The molecule has 0 aliphatic heterocycles. The maximum absolute atomic E-state index is 6.30. The van der Waals surface area contributed by atoms with Crippen molar-refractivity contribution in [2.45, 2.75) is 56.4 Å². The van der Waals surface area contributed by atoms with Crippen LogP contribution in [0.25, 0.3) is 0 Å². The maximum atomic E-state index is 6.30. The smallest absolute Gasteiger partial charge is 0.232 e. The third-order valence-electron chi connectivity index (χ3n) is 5.28. The molecule has 2 N–H and O–H groups in total. The van der Waals surface area contributed by atoms with Gasteiger partial charge in [0, 0.05) is 0 Å². The second-order valence-electron chi connectivity index (χ2n) is 6.94. The summed E-state index contributed by atoms with van der Waals surface area (Å²) in [6.45, 7) is 2.23. The van der Waals surface area contributed by atoms with Gasteiger partial charge in [-0.2, -0.15) is 4.98 Å². The summed E-state index contributed by atoms with van der Waals surface area (Å²) in [6, 6.07) is 8.64. The van der Waals surface area contributed by atoms with Gasteiger partial charge in [0.25, 0.3) is 0 Å². The quantitative estimate of drug-likeness (QED) is 0.922. The number of nitrogens with zero attached hydrogens (tertiary/aromatic N) is 2. The van der Waals surface area contributed by atoms with Crippen LogP contribution in [0.15, 0.2) is 28.8 Å². The predicted octanol–water partition coefficient (Wildman–Crippen LogP) is 3.28. The Morgan fingerprint density at radius 3 is 2.55 bits per heavy atom. The molecule has 0 bridgehead atoms. The van der Waals surface area contributed by atoms with Crippen molar-refractivity contribution in [3.05, 3.63) is 47.1 Å². The summed E-state index contributed by atoms with van der Waals surface area (Å²) < 4.78 is 5.60. The van der Waals surface area contributed by atoms with Crippen LogP contribution in [0.5, 0.6) is 0 Å². The number of hydrogen-bond donors (Lipinski definition) is 1. The zero-order valence-electron chi connectivity index (χ0n) is 12.8. The molecule has 0 amide bonds. The minimum atomic E-state index is -0.343. The van der Waals surface area contributed by atoms with Crippen LogP contribution in [-0.2, 0) is 23.8 Å². The Labute approximate surface area is 136 Å². The minimum Gasteiger partial charge on any atom is -0.339 e. The Bertz CT molecular complexity index is 680. The van der Waals surface area contributed by atoms with Crippen LogP contribution in [-0.4, -0.2) is 10.1 Å². The van der Waals surface area contributed by atoms with Crippen LogP contribution in [0.3, 0.4) is 0 Å². The topological polar surface area (TPSA) is 64.9 Å². The summed E-state index contributed by atoms with van der Waals surface area (Å²) in [5, 5.41) is 4.18. The number of hydrogen-bond acceptors (Lipinski definition) is 4. The molecular weight excluding hydrogens is 298 g/mol. The molecule has 1 aromatic heterocycles. The van der Waals surface area contributed by atoms with E-state index in [9.17, 15) is 0 Å². The molecule has 0 radical (unpaired) electrons. The summed E-state index contributed by atoms with van der Waals surface area (Å²) in [6.07, 6.45) is 6.16. The number of rotatable bonds is 2. The number of fused-ring (bicyclic) bond motifs is 1. The van der Waals surface area contributed by atoms with Crippen molar-refractivity contribution in [1.29, 1.82) is 0 Å². The highest BCUT2D eigenvalue weighted by Gasteiger charge is 2.42. The highest BCUT2D eigenvalue weighted by atomic mass is 35.5. The molecule has 4 nitrogen and oxygen atoms in total. The van der Waals surface area contributed by atoms with E-state index in [1.165, 1.54) is 11.1 Å². The van der Waals surface area contributed by atoms with Gasteiger partial charge >= 0.3 is 0 Å². The van der Waals surface area contributed by atoms with Crippen LogP contribution in [0.2, 0.25) is 0 Å². The van der Waals surface area contributed by atoms with E-state index >= 15 is 0 Å². The van der Waals surface area contributed by atoms with Crippen molar-refractivity contribution in [3.63, 3.8) is 0 Å². The molecule has 1 fully saturated rings. The second kappa shape index (κ2) is 5.36. The van der Waals surface area contributed by atoms with E-state index < -0.39 is 0 Å². The first-order valence-electron chi connectivity index (χ1n) is 7.79. The first-order valence-corrected chi connectivity index (χ1v) is 7.79. The third kappa shape index (κ3) is 2.34. The lowest BCUT2D eigenvalue weighted by Gasteiger charge is -2.35. The molecule has 1 atom stereocenters. The standard InChI is InChI=1S/C17H21N3O.ClH/c1-16(10-7-12-5-2-3-6-13(12)11-16)15-19-14(20-21-15)17(18)8-4-9-17;/h2-3,5-6H,4,7-11,18H2,1H3;1H. The fraction of sp³-hybridized carbons (Fsp3) is 0.529. The highest BCUT2D eigenvalue weighted by Crippen LogP contribution is 2.40. The van der Waals surface area contributed by atoms with Gasteiger partial charge in [-0.1, -0.05) is 36.3 Å². The largest absolute Gasteiger partial charge is 0.339 e. The fourth-order valence-electron chi connectivity index (χ4n) is 3.53. The highest BCUT2D eigenvalue weighted by molar-refractivity contribution is 5.85. The first-order chi connectivity index (χ1) is 10.1. The third-order valence-corrected chi connectivity index (χ3v) is 5.28. The Morgan fingerprint density at radius 1 is 1.14 bits per heavy atom. The number of aryl methyl sites for hydroxylation is 1. The van der Waals surface area contributed by atoms with E-state index in [1.807, 2.05) is 0 Å². The molecular formula is C17H22ClN3O. The molecule has 1 saturated carbocycles. The minimum absolute atomic E-state index is 0. The Balaban J connectivity index is 0.00000144. The zero-order valence-corrected chi connectivity index (χ0v) is 13.7. The van der Waals surface area contributed by atoms with E-state index in [4.69, 9.17) is 10.3 Å². The van der Waals surface area contributed by atoms with Crippen LogP contribution in [0.1, 0.15) is 55.4 Å². The van der Waals surface area contributed by atoms with Crippen molar-refractivity contribution in [2.24, 2.45) is 5.73 Å². The molecule has 2 aliphatic rings. The van der Waals surface area contributed by atoms with Crippen molar-refractivity contribution in [1.82, 2.24) is 10.1 Å². The van der Waals surface area contributed by atoms with Crippen LogP contribution < -0.4 is 5.73 Å². The Kier molecular flexibility index (Phi) is 3.77. The van der Waals surface area contributed by atoms with Gasteiger partial charge in [0.1, 0.15) is 0 Å². The van der Waals surface area contributed by atoms with Crippen molar-refractivity contribution in [3.8, 4) is 0 Å². The Morgan fingerprint density at radius 2 is 1.86 bits per heavy atom. The molecule has 4 rings (SSSR count). The number of benzene rings is 1. The average Bonchev–Trinajstić information content (AvgIpc) is 2.95. The lowest BCUT2D eigenvalue weighted by molar-refractivity contribution is 0.225. The molecule has 2 aliphatic carbocycles. The van der Waals surface area contributed by atoms with Crippen LogP contribution >= 0.6 is 12.4 Å². The van der Waals surface area contributed by atoms with Crippen LogP contribution in [0.4, 0.5) is 0 Å². The van der Waals surface area contributed by atoms with Gasteiger partial charge in [0.05, 0.1) is 11.0 Å². The monoisotopic (exact) mass is 319 g/mol. The number of aromatic nitrogens is 2. The molecule has 0 spiro atoms. The molecule has 1 unspecified atom stereocenters. The van der Waals surface area contributed by atoms with Crippen molar-refractivity contribution >= 4 is 12.4 Å². The predicted molar refractivity (Wildman–Crippen MR) is 87.1 cm³/mol. The molecule has 1 aromatic carbocycles. The first kappa shape index (κ1) is 15.5. The van der Waals surface area contributed by atoms with Crippen LogP contribution in [0, 0.1) is 0 Å². The van der Waals surface area contributed by atoms with Crippen molar-refractivity contribution < 1.29 is 4.52 Å². The lowest BCUT2D eigenvalue weighted by Crippen LogP contribution is -2.44. The lowest BCUT2D eigenvalue weighted by atomic mass is 9.72. The summed E-state index contributed by atoms with van der Waals surface area (Å²) in [4.78, 5) is 4.67. The summed E-state index contributed by atoms with van der Waals surface area (Å²) in [5.74, 6) is 1.45. The number of nitrogens with two attached hydrogens (primary N) is 1. The second-order valence-corrected chi connectivity index (χ2v) is 6.94. The van der Waals surface area contributed by atoms with Crippen molar-refractivity contribution in [2.75, 3.05) is 0 Å². The van der Waals surface area contributed by atoms with Gasteiger partial charge in [0.2, 0.25) is 5.89 Å². The van der Waals surface area contributed by atoms with E-state index in [-0.39, 0.29) is 23.4 Å².